The normalized spacial score (nSPS) is 18.3. The van der Waals surface area contributed by atoms with Gasteiger partial charge in [0, 0.05) is 13.2 Å². The Balaban J connectivity index is 1.79. The molecule has 0 unspecified atom stereocenters. The van der Waals surface area contributed by atoms with Crippen LogP contribution in [-0.2, 0) is 10.3 Å². The van der Waals surface area contributed by atoms with Gasteiger partial charge in [-0.25, -0.2) is 0 Å². The molecule has 23 heavy (non-hydrogen) atoms. The topological polar surface area (TPSA) is 71.7 Å². The summed E-state index contributed by atoms with van der Waals surface area (Å²) >= 11 is 0. The molecule has 3 rings (SSSR count). The fourth-order valence-electron chi connectivity index (χ4n) is 3.09. The van der Waals surface area contributed by atoms with Gasteiger partial charge in [-0.1, -0.05) is 30.3 Å². The van der Waals surface area contributed by atoms with Crippen LogP contribution < -0.4 is 5.32 Å². The minimum atomic E-state index is -1.12. The molecule has 1 amide bonds. The third kappa shape index (κ3) is 3.46. The van der Waals surface area contributed by atoms with Gasteiger partial charge in [0.15, 0.2) is 5.76 Å². The van der Waals surface area contributed by atoms with E-state index in [9.17, 15) is 9.90 Å². The van der Waals surface area contributed by atoms with Crippen molar-refractivity contribution in [3.63, 3.8) is 0 Å². The highest BCUT2D eigenvalue weighted by Crippen LogP contribution is 2.35. The summed E-state index contributed by atoms with van der Waals surface area (Å²) < 4.78 is 10.5. The van der Waals surface area contributed by atoms with Crippen LogP contribution in [0, 0.1) is 5.92 Å². The lowest BCUT2D eigenvalue weighted by Crippen LogP contribution is -2.47. The van der Waals surface area contributed by atoms with Crippen molar-refractivity contribution in [2.24, 2.45) is 5.92 Å². The second kappa shape index (κ2) is 6.98. The van der Waals surface area contributed by atoms with E-state index in [0.29, 0.717) is 13.2 Å². The summed E-state index contributed by atoms with van der Waals surface area (Å²) in [6.07, 6.45) is 2.99. The van der Waals surface area contributed by atoms with Gasteiger partial charge in [0.2, 0.25) is 0 Å². The van der Waals surface area contributed by atoms with Crippen LogP contribution in [0.2, 0.25) is 0 Å². The summed E-state index contributed by atoms with van der Waals surface area (Å²) in [7, 11) is 0. The largest absolute Gasteiger partial charge is 0.459 e. The molecule has 0 aliphatic carbocycles. The number of ether oxygens (including phenoxy) is 1. The third-order valence-corrected chi connectivity index (χ3v) is 4.43. The van der Waals surface area contributed by atoms with E-state index in [1.807, 2.05) is 30.3 Å². The van der Waals surface area contributed by atoms with Gasteiger partial charge in [-0.15, -0.1) is 0 Å². The Morgan fingerprint density at radius 1 is 1.17 bits per heavy atom. The molecule has 1 saturated heterocycles. The minimum Gasteiger partial charge on any atom is -0.459 e. The Bertz CT molecular complexity index is 620. The summed E-state index contributed by atoms with van der Waals surface area (Å²) in [6.45, 7) is 1.40. The quantitative estimate of drug-likeness (QED) is 0.888. The molecule has 1 aliphatic rings. The van der Waals surface area contributed by atoms with Gasteiger partial charge in [-0.3, -0.25) is 4.79 Å². The molecule has 5 heteroatoms. The number of hydrogen-bond acceptors (Lipinski definition) is 4. The standard InChI is InChI=1S/C18H21NO4/c20-17(16-7-4-10-23-16)19-13-18(21,14-5-2-1-3-6-14)15-8-11-22-12-9-15/h1-7,10,15,21H,8-9,11-13H2,(H,19,20)/t18-/m1/s1. The van der Waals surface area contributed by atoms with Crippen molar-refractivity contribution in [2.45, 2.75) is 18.4 Å². The average molecular weight is 315 g/mol. The first kappa shape index (κ1) is 15.8. The Morgan fingerprint density at radius 3 is 2.57 bits per heavy atom. The molecule has 2 aromatic rings. The van der Waals surface area contributed by atoms with Crippen molar-refractivity contribution >= 4 is 5.91 Å². The SMILES string of the molecule is O=C(NC[C@@](O)(c1ccccc1)C1CCOCC1)c1ccco1. The van der Waals surface area contributed by atoms with Gasteiger partial charge in [-0.05, 0) is 36.5 Å². The predicted molar refractivity (Wildman–Crippen MR) is 84.9 cm³/mol. The molecule has 2 N–H and O–H groups in total. The van der Waals surface area contributed by atoms with Crippen LogP contribution in [0.5, 0.6) is 0 Å². The molecule has 5 nitrogen and oxygen atoms in total. The van der Waals surface area contributed by atoms with Crippen molar-refractivity contribution in [3.05, 3.63) is 60.1 Å². The van der Waals surface area contributed by atoms with E-state index in [1.165, 1.54) is 6.26 Å². The zero-order valence-corrected chi connectivity index (χ0v) is 12.9. The van der Waals surface area contributed by atoms with Crippen molar-refractivity contribution in [3.8, 4) is 0 Å². The maximum atomic E-state index is 12.1. The number of amides is 1. The monoisotopic (exact) mass is 315 g/mol. The smallest absolute Gasteiger partial charge is 0.287 e. The maximum absolute atomic E-state index is 12.1. The first-order valence-corrected chi connectivity index (χ1v) is 7.87. The lowest BCUT2D eigenvalue weighted by Gasteiger charge is -2.39. The van der Waals surface area contributed by atoms with Gasteiger partial charge < -0.3 is 19.6 Å². The highest BCUT2D eigenvalue weighted by Gasteiger charge is 2.39. The van der Waals surface area contributed by atoms with Crippen molar-refractivity contribution in [1.82, 2.24) is 5.32 Å². The number of nitrogens with one attached hydrogen (secondary N) is 1. The highest BCUT2D eigenvalue weighted by molar-refractivity contribution is 5.91. The first-order chi connectivity index (χ1) is 11.2. The molecular formula is C18H21NO4. The molecule has 1 atom stereocenters. The Kier molecular flexibility index (Phi) is 4.79. The van der Waals surface area contributed by atoms with Crippen LogP contribution in [0.15, 0.2) is 53.1 Å². The Morgan fingerprint density at radius 2 is 1.91 bits per heavy atom. The number of rotatable bonds is 5. The minimum absolute atomic E-state index is 0.0375. The molecular weight excluding hydrogens is 294 g/mol. The number of carbonyl (C=O) groups excluding carboxylic acids is 1. The number of carbonyl (C=O) groups is 1. The molecule has 0 spiro atoms. The van der Waals surface area contributed by atoms with Crippen LogP contribution >= 0.6 is 0 Å². The van der Waals surface area contributed by atoms with E-state index in [0.717, 1.165) is 18.4 Å². The third-order valence-electron chi connectivity index (χ3n) is 4.43. The summed E-state index contributed by atoms with van der Waals surface area (Å²) in [6, 6.07) is 12.8. The fraction of sp³-hybridized carbons (Fsp3) is 0.389. The molecule has 1 aromatic carbocycles. The molecule has 0 saturated carbocycles. The highest BCUT2D eigenvalue weighted by atomic mass is 16.5. The number of aliphatic hydroxyl groups is 1. The summed E-state index contributed by atoms with van der Waals surface area (Å²) in [5.41, 5.74) is -0.306. The maximum Gasteiger partial charge on any atom is 0.287 e. The van der Waals surface area contributed by atoms with Crippen molar-refractivity contribution < 1.29 is 19.1 Å². The Labute approximate surface area is 135 Å². The molecule has 122 valence electrons. The zero-order valence-electron chi connectivity index (χ0n) is 12.9. The van der Waals surface area contributed by atoms with Crippen molar-refractivity contribution in [1.29, 1.82) is 0 Å². The van der Waals surface area contributed by atoms with E-state index in [-0.39, 0.29) is 24.1 Å². The molecule has 1 aromatic heterocycles. The van der Waals surface area contributed by atoms with Gasteiger partial charge in [-0.2, -0.15) is 0 Å². The lowest BCUT2D eigenvalue weighted by molar-refractivity contribution is -0.0680. The van der Waals surface area contributed by atoms with E-state index in [4.69, 9.17) is 9.15 Å². The zero-order chi connectivity index (χ0) is 16.1. The molecule has 0 bridgehead atoms. The van der Waals surface area contributed by atoms with Crippen molar-refractivity contribution in [2.75, 3.05) is 19.8 Å². The number of furan rings is 1. The average Bonchev–Trinajstić information content (AvgIpc) is 3.16. The summed E-state index contributed by atoms with van der Waals surface area (Å²) in [4.78, 5) is 12.1. The van der Waals surface area contributed by atoms with Crippen LogP contribution in [0.3, 0.4) is 0 Å². The summed E-state index contributed by atoms with van der Waals surface area (Å²) in [5, 5.41) is 14.2. The molecule has 0 radical (unpaired) electrons. The number of benzene rings is 1. The van der Waals surface area contributed by atoms with Gasteiger partial charge >= 0.3 is 0 Å². The van der Waals surface area contributed by atoms with Crippen LogP contribution in [0.4, 0.5) is 0 Å². The molecule has 1 aliphatic heterocycles. The molecule has 1 fully saturated rings. The lowest BCUT2D eigenvalue weighted by atomic mass is 9.77. The Hall–Kier alpha value is -2.11. The second-order valence-electron chi connectivity index (χ2n) is 5.84. The van der Waals surface area contributed by atoms with Crippen LogP contribution in [-0.4, -0.2) is 30.8 Å². The predicted octanol–water partition coefficient (Wildman–Crippen LogP) is 2.32. The fourth-order valence-corrected chi connectivity index (χ4v) is 3.09. The molecule has 2 heterocycles. The van der Waals surface area contributed by atoms with Gasteiger partial charge in [0.05, 0.1) is 12.8 Å². The van der Waals surface area contributed by atoms with Gasteiger partial charge in [0.25, 0.3) is 5.91 Å². The van der Waals surface area contributed by atoms with E-state index >= 15 is 0 Å². The van der Waals surface area contributed by atoms with Crippen LogP contribution in [0.25, 0.3) is 0 Å². The number of hydrogen-bond donors (Lipinski definition) is 2. The van der Waals surface area contributed by atoms with Gasteiger partial charge in [0.1, 0.15) is 5.60 Å². The van der Waals surface area contributed by atoms with Crippen LogP contribution in [0.1, 0.15) is 29.0 Å². The van der Waals surface area contributed by atoms with E-state index in [2.05, 4.69) is 5.32 Å². The van der Waals surface area contributed by atoms with E-state index in [1.54, 1.807) is 12.1 Å². The first-order valence-electron chi connectivity index (χ1n) is 7.87. The second-order valence-corrected chi connectivity index (χ2v) is 5.84. The van der Waals surface area contributed by atoms with E-state index < -0.39 is 5.60 Å². The summed E-state index contributed by atoms with van der Waals surface area (Å²) in [5.74, 6) is -0.0423.